The number of rotatable bonds is 3. The van der Waals surface area contributed by atoms with Gasteiger partial charge < -0.3 is 14.1 Å². The molecule has 4 nitrogen and oxygen atoms in total. The number of aromatic nitrogens is 1. The molecule has 0 aromatic carbocycles. The summed E-state index contributed by atoms with van der Waals surface area (Å²) in [6, 6.07) is 5.50. The number of carboxylic acid groups (broad SMARTS) is 1. The van der Waals surface area contributed by atoms with Crippen LogP contribution in [0.5, 0.6) is 0 Å². The fraction of sp³-hybridized carbons (Fsp3) is 0.308. The fourth-order valence-corrected chi connectivity index (χ4v) is 1.99. The molecule has 0 fully saturated rings. The quantitative estimate of drug-likeness (QED) is 0.886. The average Bonchev–Trinajstić information content (AvgIpc) is 2.77. The molecule has 90 valence electrons. The van der Waals surface area contributed by atoms with Crippen LogP contribution in [0.25, 0.3) is 0 Å². The molecule has 0 spiro atoms. The zero-order chi connectivity index (χ0) is 12.6. The Morgan fingerprint density at radius 2 is 2.06 bits per heavy atom. The van der Waals surface area contributed by atoms with Crippen molar-refractivity contribution in [2.45, 2.75) is 27.3 Å². The van der Waals surface area contributed by atoms with Gasteiger partial charge in [0.15, 0.2) is 0 Å². The third kappa shape index (κ3) is 2.11. The van der Waals surface area contributed by atoms with Crippen molar-refractivity contribution in [1.82, 2.24) is 4.57 Å². The summed E-state index contributed by atoms with van der Waals surface area (Å²) < 4.78 is 7.45. The van der Waals surface area contributed by atoms with Crippen molar-refractivity contribution in [2.24, 2.45) is 0 Å². The van der Waals surface area contributed by atoms with Crippen molar-refractivity contribution < 1.29 is 14.3 Å². The molecule has 0 saturated heterocycles. The Kier molecular flexibility index (Phi) is 2.79. The summed E-state index contributed by atoms with van der Waals surface area (Å²) in [5, 5.41) is 9.04. The average molecular weight is 233 g/mol. The molecule has 0 unspecified atom stereocenters. The minimum atomic E-state index is -0.889. The van der Waals surface area contributed by atoms with Crippen LogP contribution in [0.15, 0.2) is 22.6 Å². The maximum absolute atomic E-state index is 11.0. The summed E-state index contributed by atoms with van der Waals surface area (Å²) in [7, 11) is 0. The maximum atomic E-state index is 11.0. The van der Waals surface area contributed by atoms with E-state index in [0.29, 0.717) is 12.1 Å². The first-order chi connectivity index (χ1) is 7.99. The van der Waals surface area contributed by atoms with E-state index in [0.717, 1.165) is 22.9 Å². The minimum Gasteiger partial charge on any atom is -0.478 e. The van der Waals surface area contributed by atoms with Crippen molar-refractivity contribution in [3.05, 3.63) is 46.7 Å². The SMILES string of the molecule is Cc1ccc(Cn2c(C)cc(C(=O)O)c2C)o1. The minimum absolute atomic E-state index is 0.353. The molecule has 0 saturated carbocycles. The van der Waals surface area contributed by atoms with Gasteiger partial charge in [0.05, 0.1) is 12.1 Å². The lowest BCUT2D eigenvalue weighted by Crippen LogP contribution is -2.05. The van der Waals surface area contributed by atoms with Gasteiger partial charge >= 0.3 is 5.97 Å². The largest absolute Gasteiger partial charge is 0.478 e. The first-order valence-corrected chi connectivity index (χ1v) is 5.44. The van der Waals surface area contributed by atoms with Gasteiger partial charge in [0, 0.05) is 11.4 Å². The molecule has 0 aliphatic carbocycles. The lowest BCUT2D eigenvalue weighted by atomic mass is 10.2. The second-order valence-electron chi connectivity index (χ2n) is 4.19. The van der Waals surface area contributed by atoms with Gasteiger partial charge in [-0.15, -0.1) is 0 Å². The van der Waals surface area contributed by atoms with Gasteiger partial charge in [-0.05, 0) is 39.0 Å². The van der Waals surface area contributed by atoms with E-state index < -0.39 is 5.97 Å². The zero-order valence-electron chi connectivity index (χ0n) is 10.2. The molecule has 2 aromatic heterocycles. The highest BCUT2D eigenvalue weighted by molar-refractivity contribution is 5.89. The van der Waals surface area contributed by atoms with Crippen molar-refractivity contribution in [3.63, 3.8) is 0 Å². The van der Waals surface area contributed by atoms with Crippen LogP contribution in [0.1, 0.15) is 33.3 Å². The van der Waals surface area contributed by atoms with E-state index >= 15 is 0 Å². The summed E-state index contributed by atoms with van der Waals surface area (Å²) in [5.41, 5.74) is 2.03. The van der Waals surface area contributed by atoms with E-state index in [1.165, 1.54) is 0 Å². The summed E-state index contributed by atoms with van der Waals surface area (Å²) in [6.45, 7) is 6.17. The first-order valence-electron chi connectivity index (χ1n) is 5.44. The molecule has 1 N–H and O–H groups in total. The highest BCUT2D eigenvalue weighted by atomic mass is 16.4. The van der Waals surface area contributed by atoms with Gasteiger partial charge in [0.1, 0.15) is 11.5 Å². The lowest BCUT2D eigenvalue weighted by Gasteiger charge is -2.07. The Balaban J connectivity index is 2.36. The number of hydrogen-bond acceptors (Lipinski definition) is 2. The molecule has 0 atom stereocenters. The number of carboxylic acids is 1. The number of aryl methyl sites for hydroxylation is 2. The summed E-state index contributed by atoms with van der Waals surface area (Å²) in [4.78, 5) is 11.0. The van der Waals surface area contributed by atoms with E-state index in [2.05, 4.69) is 0 Å². The monoisotopic (exact) mass is 233 g/mol. The molecule has 0 aliphatic rings. The van der Waals surface area contributed by atoms with Crippen LogP contribution in [0, 0.1) is 20.8 Å². The number of aromatic carboxylic acids is 1. The Morgan fingerprint density at radius 1 is 1.35 bits per heavy atom. The van der Waals surface area contributed by atoms with Crippen molar-refractivity contribution in [1.29, 1.82) is 0 Å². The van der Waals surface area contributed by atoms with Crippen LogP contribution < -0.4 is 0 Å². The van der Waals surface area contributed by atoms with Crippen LogP contribution in [0.2, 0.25) is 0 Å². The molecular weight excluding hydrogens is 218 g/mol. The normalized spacial score (nSPS) is 10.8. The fourth-order valence-electron chi connectivity index (χ4n) is 1.99. The number of carbonyl (C=O) groups is 1. The molecule has 0 radical (unpaired) electrons. The lowest BCUT2D eigenvalue weighted by molar-refractivity contribution is 0.0696. The molecule has 2 heterocycles. The highest BCUT2D eigenvalue weighted by Gasteiger charge is 2.15. The van der Waals surface area contributed by atoms with Gasteiger partial charge in [-0.25, -0.2) is 4.79 Å². The number of nitrogens with zero attached hydrogens (tertiary/aromatic N) is 1. The maximum Gasteiger partial charge on any atom is 0.337 e. The van der Waals surface area contributed by atoms with Crippen LogP contribution in [0.3, 0.4) is 0 Å². The van der Waals surface area contributed by atoms with E-state index in [9.17, 15) is 4.79 Å². The van der Waals surface area contributed by atoms with Gasteiger partial charge in [0.2, 0.25) is 0 Å². The molecular formula is C13H15NO3. The van der Waals surface area contributed by atoms with Gasteiger partial charge in [-0.1, -0.05) is 0 Å². The zero-order valence-corrected chi connectivity index (χ0v) is 10.2. The Hall–Kier alpha value is -1.97. The highest BCUT2D eigenvalue weighted by Crippen LogP contribution is 2.18. The smallest absolute Gasteiger partial charge is 0.337 e. The summed E-state index contributed by atoms with van der Waals surface area (Å²) in [6.07, 6.45) is 0. The van der Waals surface area contributed by atoms with E-state index in [1.807, 2.05) is 37.5 Å². The molecule has 4 heteroatoms. The van der Waals surface area contributed by atoms with Gasteiger partial charge in [-0.3, -0.25) is 0 Å². The second kappa shape index (κ2) is 4.13. The van der Waals surface area contributed by atoms with Gasteiger partial charge in [0.25, 0.3) is 0 Å². The Bertz CT molecular complexity index is 563. The molecule has 2 aromatic rings. The molecule has 2 rings (SSSR count). The van der Waals surface area contributed by atoms with Crippen molar-refractivity contribution in [3.8, 4) is 0 Å². The molecule has 0 bridgehead atoms. The first kappa shape index (κ1) is 11.5. The predicted molar refractivity (Wildman–Crippen MR) is 63.4 cm³/mol. The third-order valence-corrected chi connectivity index (χ3v) is 2.91. The van der Waals surface area contributed by atoms with E-state index in [1.54, 1.807) is 6.07 Å². The second-order valence-corrected chi connectivity index (χ2v) is 4.19. The molecule has 0 amide bonds. The Labute approximate surface area is 99.5 Å². The summed E-state index contributed by atoms with van der Waals surface area (Å²) in [5.74, 6) is 0.808. The number of furan rings is 1. The van der Waals surface area contributed by atoms with E-state index in [-0.39, 0.29) is 0 Å². The van der Waals surface area contributed by atoms with Crippen LogP contribution in [-0.2, 0) is 6.54 Å². The van der Waals surface area contributed by atoms with Crippen LogP contribution in [0.4, 0.5) is 0 Å². The van der Waals surface area contributed by atoms with Crippen molar-refractivity contribution >= 4 is 5.97 Å². The standard InChI is InChI=1S/C13H15NO3/c1-8-6-12(13(15)16)10(3)14(8)7-11-5-4-9(2)17-11/h4-6H,7H2,1-3H3,(H,15,16). The topological polar surface area (TPSA) is 55.4 Å². The Morgan fingerprint density at radius 3 is 2.53 bits per heavy atom. The van der Waals surface area contributed by atoms with Gasteiger partial charge in [-0.2, -0.15) is 0 Å². The molecule has 17 heavy (non-hydrogen) atoms. The summed E-state index contributed by atoms with van der Waals surface area (Å²) >= 11 is 0. The van der Waals surface area contributed by atoms with Crippen LogP contribution >= 0.6 is 0 Å². The van der Waals surface area contributed by atoms with E-state index in [4.69, 9.17) is 9.52 Å². The number of hydrogen-bond donors (Lipinski definition) is 1. The third-order valence-electron chi connectivity index (χ3n) is 2.91. The van der Waals surface area contributed by atoms with Crippen LogP contribution in [-0.4, -0.2) is 15.6 Å². The predicted octanol–water partition coefficient (Wildman–Crippen LogP) is 2.75. The van der Waals surface area contributed by atoms with Crippen molar-refractivity contribution in [2.75, 3.05) is 0 Å². The molecule has 0 aliphatic heterocycles.